The summed E-state index contributed by atoms with van der Waals surface area (Å²) in [5.41, 5.74) is 3.81. The monoisotopic (exact) mass is 380 g/mol. The molecule has 1 atom stereocenters. The van der Waals surface area contributed by atoms with Crippen LogP contribution >= 0.6 is 11.3 Å². The summed E-state index contributed by atoms with van der Waals surface area (Å²) in [6.07, 6.45) is 0.828. The third-order valence-electron chi connectivity index (χ3n) is 4.34. The number of aromatic nitrogens is 1. The maximum absolute atomic E-state index is 12.7. The van der Waals surface area contributed by atoms with E-state index < -0.39 is 0 Å². The Balaban J connectivity index is 1.66. The maximum atomic E-state index is 12.7. The van der Waals surface area contributed by atoms with Gasteiger partial charge in [-0.2, -0.15) is 0 Å². The smallest absolute Gasteiger partial charge is 0.251 e. The van der Waals surface area contributed by atoms with Crippen molar-refractivity contribution in [1.29, 1.82) is 0 Å². The number of amides is 1. The van der Waals surface area contributed by atoms with Gasteiger partial charge in [0.05, 0.1) is 16.7 Å². The number of thiazole rings is 1. The summed E-state index contributed by atoms with van der Waals surface area (Å²) >= 11 is 1.60. The Hall–Kier alpha value is -2.66. The molecule has 3 rings (SSSR count). The highest BCUT2D eigenvalue weighted by Crippen LogP contribution is 2.20. The second kappa shape index (κ2) is 8.82. The molecule has 4 nitrogen and oxygen atoms in total. The molecule has 0 aliphatic rings. The van der Waals surface area contributed by atoms with Crippen molar-refractivity contribution < 1.29 is 9.53 Å². The van der Waals surface area contributed by atoms with Gasteiger partial charge < -0.3 is 10.1 Å². The first-order valence-electron chi connectivity index (χ1n) is 9.06. The molecule has 1 aromatic heterocycles. The highest BCUT2D eigenvalue weighted by atomic mass is 32.1. The molecule has 3 aromatic rings. The molecule has 0 spiro atoms. The zero-order valence-electron chi connectivity index (χ0n) is 15.9. The number of ether oxygens (including phenoxy) is 1. The largest absolute Gasteiger partial charge is 0.487 e. The van der Waals surface area contributed by atoms with Gasteiger partial charge in [-0.15, -0.1) is 11.3 Å². The molecule has 0 saturated carbocycles. The molecule has 0 saturated heterocycles. The third kappa shape index (κ3) is 5.17. The molecule has 2 aromatic carbocycles. The first kappa shape index (κ1) is 19.1. The zero-order chi connectivity index (χ0) is 19.2. The van der Waals surface area contributed by atoms with Crippen molar-refractivity contribution in [2.24, 2.45) is 0 Å². The van der Waals surface area contributed by atoms with Gasteiger partial charge in [-0.25, -0.2) is 4.98 Å². The standard InChI is InChI=1S/C22H24N2O2S/c1-4-21(17-10-8-15(2)9-11-17)24-22(25)18-6-5-7-20(12-18)26-13-19-14-27-16(3)23-19/h5-12,14,21H,4,13H2,1-3H3,(H,24,25). The van der Waals surface area contributed by atoms with Gasteiger partial charge in [0, 0.05) is 10.9 Å². The lowest BCUT2D eigenvalue weighted by molar-refractivity contribution is 0.0935. The lowest BCUT2D eigenvalue weighted by atomic mass is 10.0. The number of rotatable bonds is 7. The number of hydrogen-bond acceptors (Lipinski definition) is 4. The van der Waals surface area contributed by atoms with Gasteiger partial charge in [0.1, 0.15) is 12.4 Å². The number of aryl methyl sites for hydroxylation is 2. The predicted molar refractivity (Wildman–Crippen MR) is 109 cm³/mol. The summed E-state index contributed by atoms with van der Waals surface area (Å²) in [5, 5.41) is 6.12. The van der Waals surface area contributed by atoms with Crippen LogP contribution in [0.3, 0.4) is 0 Å². The molecule has 0 aliphatic heterocycles. The van der Waals surface area contributed by atoms with Crippen LogP contribution in [0.1, 0.15) is 51.6 Å². The van der Waals surface area contributed by atoms with Gasteiger partial charge in [0.15, 0.2) is 0 Å². The molecule has 1 N–H and O–H groups in total. The molecule has 0 fully saturated rings. The Morgan fingerprint density at radius 3 is 2.63 bits per heavy atom. The second-order valence-corrected chi connectivity index (χ2v) is 7.58. The van der Waals surface area contributed by atoms with Crippen LogP contribution in [0.4, 0.5) is 0 Å². The number of carbonyl (C=O) groups excluding carboxylic acids is 1. The van der Waals surface area contributed by atoms with Crippen molar-refractivity contribution in [1.82, 2.24) is 10.3 Å². The van der Waals surface area contributed by atoms with Crippen molar-refractivity contribution in [2.45, 2.75) is 39.8 Å². The number of hydrogen-bond donors (Lipinski definition) is 1. The quantitative estimate of drug-likeness (QED) is 0.611. The van der Waals surface area contributed by atoms with E-state index >= 15 is 0 Å². The van der Waals surface area contributed by atoms with Crippen LogP contribution in [0.25, 0.3) is 0 Å². The summed E-state index contributed by atoms with van der Waals surface area (Å²) in [6, 6.07) is 15.5. The fourth-order valence-corrected chi connectivity index (χ4v) is 3.42. The molecule has 0 aliphatic carbocycles. The average Bonchev–Trinajstić information content (AvgIpc) is 3.10. The number of nitrogens with zero attached hydrogens (tertiary/aromatic N) is 1. The lowest BCUT2D eigenvalue weighted by Gasteiger charge is -2.18. The SMILES string of the molecule is CCC(NC(=O)c1cccc(OCc2csc(C)n2)c1)c1ccc(C)cc1. The van der Waals surface area contributed by atoms with Crippen molar-refractivity contribution in [3.05, 3.63) is 81.3 Å². The van der Waals surface area contributed by atoms with E-state index in [9.17, 15) is 4.79 Å². The molecular weight excluding hydrogens is 356 g/mol. The van der Waals surface area contributed by atoms with E-state index in [1.807, 2.05) is 24.4 Å². The minimum Gasteiger partial charge on any atom is -0.487 e. The fourth-order valence-electron chi connectivity index (χ4n) is 2.82. The van der Waals surface area contributed by atoms with Gasteiger partial charge in [0.25, 0.3) is 5.91 Å². The Labute approximate surface area is 164 Å². The average molecular weight is 381 g/mol. The maximum Gasteiger partial charge on any atom is 0.251 e. The summed E-state index contributed by atoms with van der Waals surface area (Å²) in [5.74, 6) is 0.564. The van der Waals surface area contributed by atoms with Crippen molar-refractivity contribution in [3.63, 3.8) is 0 Å². The van der Waals surface area contributed by atoms with Gasteiger partial charge in [-0.3, -0.25) is 4.79 Å². The van der Waals surface area contributed by atoms with Gasteiger partial charge in [0.2, 0.25) is 0 Å². The molecule has 5 heteroatoms. The van der Waals surface area contributed by atoms with Crippen LogP contribution in [-0.2, 0) is 6.61 Å². The number of carbonyl (C=O) groups is 1. The minimum absolute atomic E-state index is 0.0133. The molecule has 140 valence electrons. The number of benzene rings is 2. The van der Waals surface area contributed by atoms with E-state index in [2.05, 4.69) is 48.4 Å². The Morgan fingerprint density at radius 2 is 1.96 bits per heavy atom. The topological polar surface area (TPSA) is 51.2 Å². The van der Waals surface area contributed by atoms with Crippen molar-refractivity contribution in [3.8, 4) is 5.75 Å². The van der Waals surface area contributed by atoms with E-state index in [1.165, 1.54) is 5.56 Å². The van der Waals surface area contributed by atoms with E-state index in [4.69, 9.17) is 4.74 Å². The summed E-state index contributed by atoms with van der Waals surface area (Å²) in [6.45, 7) is 6.50. The van der Waals surface area contributed by atoms with E-state index in [0.29, 0.717) is 17.9 Å². The summed E-state index contributed by atoms with van der Waals surface area (Å²) < 4.78 is 5.79. The van der Waals surface area contributed by atoms with Gasteiger partial charge in [-0.05, 0) is 44.0 Å². The Kier molecular flexibility index (Phi) is 6.24. The molecule has 0 radical (unpaired) electrons. The van der Waals surface area contributed by atoms with E-state index in [0.717, 1.165) is 22.7 Å². The predicted octanol–water partition coefficient (Wildman–Crippen LogP) is 5.22. The second-order valence-electron chi connectivity index (χ2n) is 6.52. The first-order chi connectivity index (χ1) is 13.0. The molecule has 27 heavy (non-hydrogen) atoms. The van der Waals surface area contributed by atoms with Crippen LogP contribution in [0, 0.1) is 13.8 Å². The van der Waals surface area contributed by atoms with Crippen molar-refractivity contribution in [2.75, 3.05) is 0 Å². The van der Waals surface area contributed by atoms with Crippen LogP contribution in [0.15, 0.2) is 53.9 Å². The highest BCUT2D eigenvalue weighted by Gasteiger charge is 2.14. The zero-order valence-corrected chi connectivity index (χ0v) is 16.7. The molecule has 1 amide bonds. The van der Waals surface area contributed by atoms with Crippen LogP contribution in [0.2, 0.25) is 0 Å². The Morgan fingerprint density at radius 1 is 1.19 bits per heavy atom. The molecular formula is C22H24N2O2S. The van der Waals surface area contributed by atoms with E-state index in [1.54, 1.807) is 23.5 Å². The highest BCUT2D eigenvalue weighted by molar-refractivity contribution is 7.09. The third-order valence-corrected chi connectivity index (χ3v) is 5.17. The summed E-state index contributed by atoms with van der Waals surface area (Å²) in [4.78, 5) is 17.1. The molecule has 0 bridgehead atoms. The lowest BCUT2D eigenvalue weighted by Crippen LogP contribution is -2.28. The van der Waals surface area contributed by atoms with Crippen LogP contribution in [0.5, 0.6) is 5.75 Å². The van der Waals surface area contributed by atoms with Crippen LogP contribution in [-0.4, -0.2) is 10.9 Å². The normalized spacial score (nSPS) is 11.8. The van der Waals surface area contributed by atoms with Gasteiger partial charge >= 0.3 is 0 Å². The van der Waals surface area contributed by atoms with Gasteiger partial charge in [-0.1, -0.05) is 42.8 Å². The number of nitrogens with one attached hydrogen (secondary N) is 1. The summed E-state index contributed by atoms with van der Waals surface area (Å²) in [7, 11) is 0. The fraction of sp³-hybridized carbons (Fsp3) is 0.273. The first-order valence-corrected chi connectivity index (χ1v) is 9.94. The Bertz CT molecular complexity index is 903. The molecule has 1 heterocycles. The van der Waals surface area contributed by atoms with E-state index in [-0.39, 0.29) is 11.9 Å². The molecule has 1 unspecified atom stereocenters. The van der Waals surface area contributed by atoms with Crippen LogP contribution < -0.4 is 10.1 Å². The van der Waals surface area contributed by atoms with Crippen molar-refractivity contribution >= 4 is 17.2 Å². The minimum atomic E-state index is -0.0997.